The van der Waals surface area contributed by atoms with Crippen LogP contribution in [0, 0.1) is 29.6 Å². The van der Waals surface area contributed by atoms with Gasteiger partial charge in [0.2, 0.25) is 5.91 Å². The molecule has 0 radical (unpaired) electrons. The Bertz CT molecular complexity index is 465. The van der Waals surface area contributed by atoms with E-state index >= 15 is 0 Å². The lowest BCUT2D eigenvalue weighted by Crippen LogP contribution is -2.53. The van der Waals surface area contributed by atoms with Crippen LogP contribution in [0.5, 0.6) is 0 Å². The van der Waals surface area contributed by atoms with Crippen LogP contribution in [0.15, 0.2) is 4.99 Å². The van der Waals surface area contributed by atoms with E-state index in [4.69, 9.17) is 10.7 Å². The molecule has 1 aliphatic carbocycles. The summed E-state index contributed by atoms with van der Waals surface area (Å²) in [5.41, 5.74) is 6.64. The molecule has 0 saturated heterocycles. The van der Waals surface area contributed by atoms with Gasteiger partial charge in [0, 0.05) is 18.5 Å². The van der Waals surface area contributed by atoms with Crippen LogP contribution in [-0.4, -0.2) is 30.8 Å². The van der Waals surface area contributed by atoms with E-state index in [9.17, 15) is 4.79 Å². The molecule has 7 unspecified atom stereocenters. The Morgan fingerprint density at radius 3 is 2.50 bits per heavy atom. The van der Waals surface area contributed by atoms with Crippen molar-refractivity contribution < 1.29 is 4.79 Å². The lowest BCUT2D eigenvalue weighted by atomic mass is 9.65. The predicted molar refractivity (Wildman–Crippen MR) is 122 cm³/mol. The van der Waals surface area contributed by atoms with Crippen molar-refractivity contribution in [1.82, 2.24) is 5.32 Å². The second-order valence-corrected chi connectivity index (χ2v) is 9.29. The monoisotopic (exact) mass is 393 g/mol. The Morgan fingerprint density at radius 2 is 1.89 bits per heavy atom. The minimum Gasteiger partial charge on any atom is -0.356 e. The first kappa shape index (κ1) is 25.1. The number of hydrogen-bond acceptors (Lipinski definition) is 3. The molecule has 0 aromatic carbocycles. The molecule has 1 aliphatic rings. The van der Waals surface area contributed by atoms with E-state index in [0.29, 0.717) is 23.7 Å². The first-order chi connectivity index (χ1) is 13.4. The second kappa shape index (κ2) is 13.3. The molecular formula is C24H47N3O. The summed E-state index contributed by atoms with van der Waals surface area (Å²) in [4.78, 5) is 17.8. The number of nitrogens with two attached hydrogens (primary N) is 1. The maximum absolute atomic E-state index is 13.0. The highest BCUT2D eigenvalue weighted by Crippen LogP contribution is 2.40. The molecular weight excluding hydrogens is 346 g/mol. The van der Waals surface area contributed by atoms with Crippen molar-refractivity contribution in [3.63, 3.8) is 0 Å². The fourth-order valence-corrected chi connectivity index (χ4v) is 4.77. The van der Waals surface area contributed by atoms with Gasteiger partial charge in [0.05, 0.1) is 6.04 Å². The van der Waals surface area contributed by atoms with Crippen molar-refractivity contribution in [3.05, 3.63) is 0 Å². The van der Waals surface area contributed by atoms with Crippen LogP contribution in [0.1, 0.15) is 92.9 Å². The molecule has 0 aromatic rings. The highest BCUT2D eigenvalue weighted by atomic mass is 16.1. The standard InChI is InChI=1S/C24H47N3O/c1-7-10-12-14-26-23-18(5)15-21(19(6)22(23)25)20(9-3)24(28)27-16-17(4)13-11-8-2/h14,17-23H,7-13,15-16,25H2,1-6H3,(H,27,28)/b26-14-. The zero-order valence-electron chi connectivity index (χ0n) is 19.4. The van der Waals surface area contributed by atoms with Gasteiger partial charge in [-0.1, -0.05) is 60.8 Å². The van der Waals surface area contributed by atoms with E-state index in [1.807, 2.05) is 0 Å². The third-order valence-electron chi connectivity index (χ3n) is 6.84. The largest absolute Gasteiger partial charge is 0.356 e. The third-order valence-corrected chi connectivity index (χ3v) is 6.84. The van der Waals surface area contributed by atoms with Crippen LogP contribution < -0.4 is 11.1 Å². The number of aliphatic imine (C=N–C) groups is 1. The number of unbranched alkanes of at least 4 members (excludes halogenated alkanes) is 3. The van der Waals surface area contributed by atoms with E-state index in [0.717, 1.165) is 25.8 Å². The quantitative estimate of drug-likeness (QED) is 0.353. The number of carbonyl (C=O) groups excluding carboxylic acids is 1. The second-order valence-electron chi connectivity index (χ2n) is 9.29. The average molecular weight is 394 g/mol. The number of carbonyl (C=O) groups is 1. The Balaban J connectivity index is 2.69. The summed E-state index contributed by atoms with van der Waals surface area (Å²) in [5, 5.41) is 3.24. The van der Waals surface area contributed by atoms with Crippen molar-refractivity contribution in [2.45, 2.75) is 105 Å². The van der Waals surface area contributed by atoms with E-state index in [-0.39, 0.29) is 23.9 Å². The van der Waals surface area contributed by atoms with Crippen molar-refractivity contribution in [2.75, 3.05) is 6.54 Å². The highest BCUT2D eigenvalue weighted by molar-refractivity contribution is 5.79. The van der Waals surface area contributed by atoms with Crippen LogP contribution in [0.2, 0.25) is 0 Å². The fraction of sp³-hybridized carbons (Fsp3) is 0.917. The first-order valence-corrected chi connectivity index (χ1v) is 11.9. The fourth-order valence-electron chi connectivity index (χ4n) is 4.77. The SMILES string of the molecule is CCCC/C=N\C1C(C)CC(C(CC)C(=O)NCC(C)CCCC)C(C)C1N. The number of nitrogens with one attached hydrogen (secondary N) is 1. The Hall–Kier alpha value is -0.900. The minimum absolute atomic E-state index is 0.0388. The average Bonchev–Trinajstić information content (AvgIpc) is 2.68. The Kier molecular flexibility index (Phi) is 12.0. The van der Waals surface area contributed by atoms with E-state index in [1.165, 1.54) is 32.1 Å². The minimum atomic E-state index is 0.0388. The van der Waals surface area contributed by atoms with Gasteiger partial charge in [0.15, 0.2) is 0 Å². The molecule has 1 saturated carbocycles. The zero-order chi connectivity index (χ0) is 21.1. The topological polar surface area (TPSA) is 67.5 Å². The lowest BCUT2D eigenvalue weighted by molar-refractivity contribution is -0.128. The van der Waals surface area contributed by atoms with Crippen molar-refractivity contribution >= 4 is 12.1 Å². The molecule has 0 bridgehead atoms. The van der Waals surface area contributed by atoms with Gasteiger partial charge in [-0.15, -0.1) is 0 Å². The van der Waals surface area contributed by atoms with Crippen molar-refractivity contribution in [3.8, 4) is 0 Å². The summed E-state index contributed by atoms with van der Waals surface area (Å²) in [6.07, 6.45) is 11.1. The summed E-state index contributed by atoms with van der Waals surface area (Å²) >= 11 is 0. The molecule has 28 heavy (non-hydrogen) atoms. The van der Waals surface area contributed by atoms with Crippen LogP contribution >= 0.6 is 0 Å². The first-order valence-electron chi connectivity index (χ1n) is 11.9. The molecule has 4 heteroatoms. The molecule has 0 aliphatic heterocycles. The molecule has 7 atom stereocenters. The van der Waals surface area contributed by atoms with Gasteiger partial charge in [-0.2, -0.15) is 0 Å². The van der Waals surface area contributed by atoms with Crippen molar-refractivity contribution in [1.29, 1.82) is 0 Å². The third kappa shape index (κ3) is 7.50. The number of rotatable bonds is 12. The van der Waals surface area contributed by atoms with Gasteiger partial charge in [-0.05, 0) is 62.0 Å². The van der Waals surface area contributed by atoms with E-state index in [2.05, 4.69) is 53.1 Å². The molecule has 0 spiro atoms. The van der Waals surface area contributed by atoms with Crippen LogP contribution in [0.25, 0.3) is 0 Å². The molecule has 1 fully saturated rings. The van der Waals surface area contributed by atoms with Crippen LogP contribution in [-0.2, 0) is 4.79 Å². The van der Waals surface area contributed by atoms with Gasteiger partial charge in [0.25, 0.3) is 0 Å². The molecule has 164 valence electrons. The summed E-state index contributed by atoms with van der Waals surface area (Å²) in [6, 6.07) is 0.231. The summed E-state index contributed by atoms with van der Waals surface area (Å²) in [5.74, 6) is 1.94. The molecule has 0 aromatic heterocycles. The smallest absolute Gasteiger partial charge is 0.223 e. The highest BCUT2D eigenvalue weighted by Gasteiger charge is 2.43. The van der Waals surface area contributed by atoms with Gasteiger partial charge in [0.1, 0.15) is 0 Å². The zero-order valence-corrected chi connectivity index (χ0v) is 19.4. The Labute approximate surface area is 174 Å². The van der Waals surface area contributed by atoms with Crippen LogP contribution in [0.4, 0.5) is 0 Å². The number of amides is 1. The van der Waals surface area contributed by atoms with E-state index < -0.39 is 0 Å². The summed E-state index contributed by atoms with van der Waals surface area (Å²) in [7, 11) is 0. The molecule has 3 N–H and O–H groups in total. The van der Waals surface area contributed by atoms with Crippen LogP contribution in [0.3, 0.4) is 0 Å². The molecule has 4 nitrogen and oxygen atoms in total. The molecule has 0 heterocycles. The maximum Gasteiger partial charge on any atom is 0.223 e. The Morgan fingerprint density at radius 1 is 1.21 bits per heavy atom. The maximum atomic E-state index is 13.0. The molecule has 1 rings (SSSR count). The van der Waals surface area contributed by atoms with Gasteiger partial charge in [-0.25, -0.2) is 0 Å². The van der Waals surface area contributed by atoms with Gasteiger partial charge in [-0.3, -0.25) is 9.79 Å². The predicted octanol–water partition coefficient (Wildman–Crippen LogP) is 5.20. The lowest BCUT2D eigenvalue weighted by Gasteiger charge is -2.44. The normalized spacial score (nSPS) is 30.3. The van der Waals surface area contributed by atoms with Crippen molar-refractivity contribution in [2.24, 2.45) is 40.3 Å². The van der Waals surface area contributed by atoms with E-state index in [1.54, 1.807) is 0 Å². The summed E-state index contributed by atoms with van der Waals surface area (Å²) in [6.45, 7) is 14.1. The van der Waals surface area contributed by atoms with Gasteiger partial charge >= 0.3 is 0 Å². The number of hydrogen-bond donors (Lipinski definition) is 2. The number of nitrogens with zero attached hydrogens (tertiary/aromatic N) is 1. The van der Waals surface area contributed by atoms with Gasteiger partial charge < -0.3 is 11.1 Å². The summed E-state index contributed by atoms with van der Waals surface area (Å²) < 4.78 is 0. The molecule has 1 amide bonds.